The van der Waals surface area contributed by atoms with Crippen molar-refractivity contribution < 1.29 is 9.32 Å². The molecule has 0 atom stereocenters. The highest BCUT2D eigenvalue weighted by atomic mass is 16.5. The smallest absolute Gasteiger partial charge is 0.274 e. The number of likely N-dealkylation sites (tertiary alicyclic amines) is 1. The summed E-state index contributed by atoms with van der Waals surface area (Å²) >= 11 is 0. The molecule has 0 aromatic carbocycles. The van der Waals surface area contributed by atoms with Gasteiger partial charge in [-0.3, -0.25) is 9.36 Å². The molecular weight excluding hydrogens is 344 g/mol. The lowest BCUT2D eigenvalue weighted by Crippen LogP contribution is -2.35. The molecule has 0 N–H and O–H groups in total. The number of imidazole rings is 1. The fourth-order valence-corrected chi connectivity index (χ4v) is 3.34. The molecule has 2 fully saturated rings. The SMILES string of the molecule is O=C(c1cn(-c2ccc(-c3nc(C4CC4)no3)cn2)cn1)N1CCCCC1. The number of piperidine rings is 1. The van der Waals surface area contributed by atoms with E-state index in [0.29, 0.717) is 23.3 Å². The Morgan fingerprint density at radius 2 is 1.96 bits per heavy atom. The maximum atomic E-state index is 12.5. The van der Waals surface area contributed by atoms with Crippen molar-refractivity contribution in [3.63, 3.8) is 0 Å². The molecule has 1 aliphatic carbocycles. The third-order valence-corrected chi connectivity index (χ3v) is 5.09. The van der Waals surface area contributed by atoms with Gasteiger partial charge in [-0.05, 0) is 44.2 Å². The molecule has 1 amide bonds. The Morgan fingerprint density at radius 3 is 2.70 bits per heavy atom. The van der Waals surface area contributed by atoms with Gasteiger partial charge in [0.05, 0.1) is 5.56 Å². The lowest BCUT2D eigenvalue weighted by atomic mass is 10.1. The van der Waals surface area contributed by atoms with Crippen LogP contribution in [0.15, 0.2) is 35.4 Å². The normalized spacial score (nSPS) is 17.3. The molecule has 8 nitrogen and oxygen atoms in total. The van der Waals surface area contributed by atoms with Gasteiger partial charge in [0.15, 0.2) is 5.82 Å². The summed E-state index contributed by atoms with van der Waals surface area (Å²) in [4.78, 5) is 27.6. The van der Waals surface area contributed by atoms with E-state index in [4.69, 9.17) is 4.52 Å². The fraction of sp³-hybridized carbons (Fsp3) is 0.421. The average molecular weight is 364 g/mol. The van der Waals surface area contributed by atoms with Gasteiger partial charge in [0.2, 0.25) is 0 Å². The third kappa shape index (κ3) is 3.22. The van der Waals surface area contributed by atoms with Gasteiger partial charge in [-0.2, -0.15) is 4.98 Å². The zero-order valence-electron chi connectivity index (χ0n) is 14.9. The molecule has 0 unspecified atom stereocenters. The van der Waals surface area contributed by atoms with Crippen LogP contribution in [0.1, 0.15) is 54.3 Å². The molecule has 3 aromatic heterocycles. The minimum Gasteiger partial charge on any atom is -0.337 e. The van der Waals surface area contributed by atoms with Crippen molar-refractivity contribution in [1.82, 2.24) is 29.6 Å². The first-order valence-corrected chi connectivity index (χ1v) is 9.41. The Balaban J connectivity index is 1.32. The van der Waals surface area contributed by atoms with E-state index in [9.17, 15) is 4.79 Å². The highest BCUT2D eigenvalue weighted by molar-refractivity contribution is 5.92. The number of hydrogen-bond donors (Lipinski definition) is 0. The van der Waals surface area contributed by atoms with Gasteiger partial charge in [0.1, 0.15) is 17.8 Å². The maximum absolute atomic E-state index is 12.5. The number of nitrogens with zero attached hydrogens (tertiary/aromatic N) is 6. The van der Waals surface area contributed by atoms with Crippen molar-refractivity contribution in [1.29, 1.82) is 0 Å². The third-order valence-electron chi connectivity index (χ3n) is 5.09. The van der Waals surface area contributed by atoms with E-state index in [0.717, 1.165) is 50.2 Å². The molecular formula is C19H20N6O2. The fourth-order valence-electron chi connectivity index (χ4n) is 3.34. The van der Waals surface area contributed by atoms with Crippen LogP contribution in [-0.2, 0) is 0 Å². The monoisotopic (exact) mass is 364 g/mol. The largest absolute Gasteiger partial charge is 0.337 e. The highest BCUT2D eigenvalue weighted by Crippen LogP contribution is 2.38. The first kappa shape index (κ1) is 16.2. The van der Waals surface area contributed by atoms with Crippen LogP contribution < -0.4 is 0 Å². The molecule has 4 heterocycles. The molecule has 1 saturated carbocycles. The van der Waals surface area contributed by atoms with Gasteiger partial charge in [-0.1, -0.05) is 5.16 Å². The van der Waals surface area contributed by atoms with Gasteiger partial charge in [0, 0.05) is 31.4 Å². The van der Waals surface area contributed by atoms with E-state index in [1.807, 2.05) is 17.0 Å². The Morgan fingerprint density at radius 1 is 1.11 bits per heavy atom. The maximum Gasteiger partial charge on any atom is 0.274 e. The predicted octanol–water partition coefficient (Wildman–Crippen LogP) is 2.82. The van der Waals surface area contributed by atoms with Crippen LogP contribution >= 0.6 is 0 Å². The first-order valence-electron chi connectivity index (χ1n) is 9.41. The van der Waals surface area contributed by atoms with Crippen molar-refractivity contribution in [3.05, 3.63) is 42.4 Å². The summed E-state index contributed by atoms with van der Waals surface area (Å²) in [6.45, 7) is 1.62. The van der Waals surface area contributed by atoms with Crippen LogP contribution in [-0.4, -0.2) is 48.6 Å². The van der Waals surface area contributed by atoms with Crippen LogP contribution in [0.2, 0.25) is 0 Å². The van der Waals surface area contributed by atoms with Gasteiger partial charge < -0.3 is 9.42 Å². The van der Waals surface area contributed by atoms with Crippen LogP contribution in [0.25, 0.3) is 17.3 Å². The van der Waals surface area contributed by atoms with E-state index in [1.165, 1.54) is 6.42 Å². The summed E-state index contributed by atoms with van der Waals surface area (Å²) in [5, 5.41) is 4.03. The highest BCUT2D eigenvalue weighted by Gasteiger charge is 2.29. The van der Waals surface area contributed by atoms with E-state index in [-0.39, 0.29) is 5.91 Å². The summed E-state index contributed by atoms with van der Waals surface area (Å²) in [7, 11) is 0. The van der Waals surface area contributed by atoms with Gasteiger partial charge >= 0.3 is 0 Å². The second kappa shape index (κ2) is 6.61. The van der Waals surface area contributed by atoms with Crippen LogP contribution in [0.5, 0.6) is 0 Å². The van der Waals surface area contributed by atoms with E-state index in [1.54, 1.807) is 23.3 Å². The van der Waals surface area contributed by atoms with E-state index in [2.05, 4.69) is 20.1 Å². The molecule has 0 spiro atoms. The molecule has 3 aromatic rings. The molecule has 2 aliphatic rings. The van der Waals surface area contributed by atoms with Gasteiger partial charge in [-0.15, -0.1) is 0 Å². The lowest BCUT2D eigenvalue weighted by Gasteiger charge is -2.25. The Hall–Kier alpha value is -3.03. The first-order chi connectivity index (χ1) is 13.3. The number of aromatic nitrogens is 5. The molecule has 0 bridgehead atoms. The van der Waals surface area contributed by atoms with Crippen molar-refractivity contribution >= 4 is 5.91 Å². The quantitative estimate of drug-likeness (QED) is 0.707. The molecule has 1 saturated heterocycles. The number of rotatable bonds is 4. The van der Waals surface area contributed by atoms with Crippen molar-refractivity contribution in [3.8, 4) is 17.3 Å². The van der Waals surface area contributed by atoms with Crippen LogP contribution in [0.4, 0.5) is 0 Å². The molecule has 5 rings (SSSR count). The minimum absolute atomic E-state index is 0.0106. The number of carbonyl (C=O) groups excluding carboxylic acids is 1. The Kier molecular flexibility index (Phi) is 3.95. The molecule has 8 heteroatoms. The van der Waals surface area contributed by atoms with Gasteiger partial charge in [-0.25, -0.2) is 9.97 Å². The molecule has 27 heavy (non-hydrogen) atoms. The number of pyridine rings is 1. The van der Waals surface area contributed by atoms with E-state index < -0.39 is 0 Å². The molecule has 138 valence electrons. The minimum atomic E-state index is -0.0106. The standard InChI is InChI=1S/C19H20N6O2/c26-19(24-8-2-1-3-9-24)15-11-25(12-21-15)16-7-6-14(10-20-16)18-22-17(23-27-18)13-4-5-13/h6-7,10-13H,1-5,8-9H2. The summed E-state index contributed by atoms with van der Waals surface area (Å²) in [6, 6.07) is 3.74. The predicted molar refractivity (Wildman–Crippen MR) is 96.4 cm³/mol. The number of carbonyl (C=O) groups is 1. The summed E-state index contributed by atoms with van der Waals surface area (Å²) in [5.74, 6) is 2.40. The van der Waals surface area contributed by atoms with Crippen molar-refractivity contribution in [2.75, 3.05) is 13.1 Å². The molecule has 0 radical (unpaired) electrons. The second-order valence-corrected chi connectivity index (χ2v) is 7.16. The topological polar surface area (TPSA) is 89.9 Å². The summed E-state index contributed by atoms with van der Waals surface area (Å²) < 4.78 is 7.08. The summed E-state index contributed by atoms with van der Waals surface area (Å²) in [5.41, 5.74) is 1.23. The Bertz CT molecular complexity index is 951. The van der Waals surface area contributed by atoms with Crippen LogP contribution in [0.3, 0.4) is 0 Å². The number of amides is 1. The zero-order chi connectivity index (χ0) is 18.2. The lowest BCUT2D eigenvalue weighted by molar-refractivity contribution is 0.0719. The summed E-state index contributed by atoms with van der Waals surface area (Å²) in [6.07, 6.45) is 10.6. The zero-order valence-corrected chi connectivity index (χ0v) is 14.9. The van der Waals surface area contributed by atoms with E-state index >= 15 is 0 Å². The second-order valence-electron chi connectivity index (χ2n) is 7.16. The van der Waals surface area contributed by atoms with Crippen molar-refractivity contribution in [2.45, 2.75) is 38.0 Å². The average Bonchev–Trinajstić information content (AvgIpc) is 3.26. The molecule has 1 aliphatic heterocycles. The van der Waals surface area contributed by atoms with Crippen molar-refractivity contribution in [2.24, 2.45) is 0 Å². The number of hydrogen-bond acceptors (Lipinski definition) is 6. The van der Waals surface area contributed by atoms with Crippen LogP contribution in [0, 0.1) is 0 Å². The van der Waals surface area contributed by atoms with Gasteiger partial charge in [0.25, 0.3) is 11.8 Å². The Labute approximate surface area is 156 Å².